The Morgan fingerprint density at radius 3 is 2.57 bits per heavy atom. The van der Waals surface area contributed by atoms with E-state index in [9.17, 15) is 9.59 Å². The van der Waals surface area contributed by atoms with Crippen molar-refractivity contribution in [2.24, 2.45) is 0 Å². The molecule has 0 fully saturated rings. The van der Waals surface area contributed by atoms with Crippen molar-refractivity contribution in [2.75, 3.05) is 12.8 Å². The molecular formula is C16H16N2O3. The first kappa shape index (κ1) is 14.7. The standard InChI is InChI=1S/C16H16N2O3/c1-10(19)15(11-4-3-5-14(17)7-11)12-6-13(9-18-8-12)16(20)21-2/h3-9,15H,17H2,1-2H3. The molecule has 2 rings (SSSR count). The molecule has 5 heteroatoms. The zero-order valence-corrected chi connectivity index (χ0v) is 11.9. The van der Waals surface area contributed by atoms with Gasteiger partial charge in [0.1, 0.15) is 5.78 Å². The molecule has 5 nitrogen and oxygen atoms in total. The van der Waals surface area contributed by atoms with Gasteiger partial charge in [0.25, 0.3) is 0 Å². The van der Waals surface area contributed by atoms with Gasteiger partial charge >= 0.3 is 5.97 Å². The van der Waals surface area contributed by atoms with E-state index in [1.165, 1.54) is 20.2 Å². The molecule has 0 aliphatic carbocycles. The van der Waals surface area contributed by atoms with Crippen LogP contribution in [-0.4, -0.2) is 23.8 Å². The first-order valence-corrected chi connectivity index (χ1v) is 6.42. The second-order valence-electron chi connectivity index (χ2n) is 4.71. The lowest BCUT2D eigenvalue weighted by molar-refractivity contribution is -0.117. The average Bonchev–Trinajstić information content (AvgIpc) is 2.46. The summed E-state index contributed by atoms with van der Waals surface area (Å²) in [6, 6.07) is 8.74. The average molecular weight is 284 g/mol. The fraction of sp³-hybridized carbons (Fsp3) is 0.188. The predicted molar refractivity (Wildman–Crippen MR) is 79.0 cm³/mol. The summed E-state index contributed by atoms with van der Waals surface area (Å²) < 4.78 is 4.67. The minimum Gasteiger partial charge on any atom is -0.465 e. The second-order valence-corrected chi connectivity index (χ2v) is 4.71. The van der Waals surface area contributed by atoms with Crippen LogP contribution in [0.4, 0.5) is 5.69 Å². The highest BCUT2D eigenvalue weighted by molar-refractivity contribution is 5.91. The van der Waals surface area contributed by atoms with E-state index in [4.69, 9.17) is 5.73 Å². The molecule has 1 aromatic carbocycles. The number of carbonyl (C=O) groups excluding carboxylic acids is 2. The van der Waals surface area contributed by atoms with Crippen LogP contribution in [0, 0.1) is 0 Å². The van der Waals surface area contributed by atoms with Crippen LogP contribution in [-0.2, 0) is 9.53 Å². The van der Waals surface area contributed by atoms with Crippen molar-refractivity contribution in [2.45, 2.75) is 12.8 Å². The van der Waals surface area contributed by atoms with Gasteiger partial charge in [-0.15, -0.1) is 0 Å². The van der Waals surface area contributed by atoms with E-state index in [1.807, 2.05) is 6.07 Å². The summed E-state index contributed by atoms with van der Waals surface area (Å²) in [5.41, 5.74) is 8.07. The first-order valence-electron chi connectivity index (χ1n) is 6.42. The lowest BCUT2D eigenvalue weighted by Gasteiger charge is -2.15. The fourth-order valence-electron chi connectivity index (χ4n) is 2.25. The molecule has 0 radical (unpaired) electrons. The summed E-state index contributed by atoms with van der Waals surface area (Å²) >= 11 is 0. The third-order valence-electron chi connectivity index (χ3n) is 3.16. The van der Waals surface area contributed by atoms with Crippen molar-refractivity contribution < 1.29 is 14.3 Å². The van der Waals surface area contributed by atoms with Crippen LogP contribution >= 0.6 is 0 Å². The Kier molecular flexibility index (Phi) is 4.33. The number of methoxy groups -OCH3 is 1. The van der Waals surface area contributed by atoms with Gasteiger partial charge in [-0.05, 0) is 36.2 Å². The number of nitrogens with two attached hydrogens (primary N) is 1. The Balaban J connectivity index is 2.49. The summed E-state index contributed by atoms with van der Waals surface area (Å²) in [4.78, 5) is 27.6. The zero-order chi connectivity index (χ0) is 15.4. The largest absolute Gasteiger partial charge is 0.465 e. The Morgan fingerprint density at radius 2 is 1.95 bits per heavy atom. The van der Waals surface area contributed by atoms with Crippen LogP contribution in [0.25, 0.3) is 0 Å². The number of esters is 1. The number of ketones is 1. The molecule has 108 valence electrons. The normalized spacial score (nSPS) is 11.7. The van der Waals surface area contributed by atoms with Gasteiger partial charge in [0.15, 0.2) is 0 Å². The highest BCUT2D eigenvalue weighted by Crippen LogP contribution is 2.27. The summed E-state index contributed by atoms with van der Waals surface area (Å²) in [6.45, 7) is 1.50. The quantitative estimate of drug-likeness (QED) is 0.687. The van der Waals surface area contributed by atoms with Crippen molar-refractivity contribution >= 4 is 17.4 Å². The Morgan fingerprint density at radius 1 is 1.19 bits per heavy atom. The molecule has 0 spiro atoms. The van der Waals surface area contributed by atoms with Crippen molar-refractivity contribution in [3.8, 4) is 0 Å². The number of carbonyl (C=O) groups is 2. The summed E-state index contributed by atoms with van der Waals surface area (Å²) in [6.07, 6.45) is 2.98. The van der Waals surface area contributed by atoms with Gasteiger partial charge in [0.2, 0.25) is 0 Å². The molecule has 0 saturated carbocycles. The number of hydrogen-bond donors (Lipinski definition) is 1. The Labute approximate surface area is 122 Å². The zero-order valence-electron chi connectivity index (χ0n) is 11.9. The van der Waals surface area contributed by atoms with Crippen LogP contribution < -0.4 is 5.73 Å². The van der Waals surface area contributed by atoms with Crippen molar-refractivity contribution in [1.29, 1.82) is 0 Å². The lowest BCUT2D eigenvalue weighted by atomic mass is 9.88. The van der Waals surface area contributed by atoms with E-state index in [-0.39, 0.29) is 5.78 Å². The minimum absolute atomic E-state index is 0.0515. The van der Waals surface area contributed by atoms with E-state index in [0.29, 0.717) is 16.8 Å². The van der Waals surface area contributed by atoms with Gasteiger partial charge < -0.3 is 10.5 Å². The highest BCUT2D eigenvalue weighted by Gasteiger charge is 2.21. The third kappa shape index (κ3) is 3.25. The molecule has 0 bridgehead atoms. The van der Waals surface area contributed by atoms with Crippen molar-refractivity contribution in [3.63, 3.8) is 0 Å². The Hall–Kier alpha value is -2.69. The van der Waals surface area contributed by atoms with Gasteiger partial charge in [-0.25, -0.2) is 4.79 Å². The van der Waals surface area contributed by atoms with E-state index in [0.717, 1.165) is 5.56 Å². The van der Waals surface area contributed by atoms with E-state index in [2.05, 4.69) is 9.72 Å². The number of benzene rings is 1. The number of nitrogens with zero attached hydrogens (tertiary/aromatic N) is 1. The number of pyridine rings is 1. The van der Waals surface area contributed by atoms with Gasteiger partial charge in [0, 0.05) is 18.1 Å². The number of aromatic nitrogens is 1. The van der Waals surface area contributed by atoms with Crippen LogP contribution in [0.5, 0.6) is 0 Å². The van der Waals surface area contributed by atoms with Gasteiger partial charge in [-0.2, -0.15) is 0 Å². The number of Topliss-reactive ketones (excluding diaryl/α,β-unsaturated/α-hetero) is 1. The van der Waals surface area contributed by atoms with Gasteiger partial charge in [-0.1, -0.05) is 12.1 Å². The van der Waals surface area contributed by atoms with E-state index >= 15 is 0 Å². The summed E-state index contributed by atoms with van der Waals surface area (Å²) in [5, 5.41) is 0. The molecule has 0 aliphatic rings. The van der Waals surface area contributed by atoms with Crippen LogP contribution in [0.15, 0.2) is 42.7 Å². The van der Waals surface area contributed by atoms with Crippen LogP contribution in [0.3, 0.4) is 0 Å². The van der Waals surface area contributed by atoms with E-state index < -0.39 is 11.9 Å². The maximum Gasteiger partial charge on any atom is 0.339 e. The number of rotatable bonds is 4. The molecular weight excluding hydrogens is 268 g/mol. The molecule has 1 atom stereocenters. The SMILES string of the molecule is COC(=O)c1cncc(C(C(C)=O)c2cccc(N)c2)c1. The third-order valence-corrected chi connectivity index (χ3v) is 3.16. The molecule has 21 heavy (non-hydrogen) atoms. The molecule has 0 aliphatic heterocycles. The van der Waals surface area contributed by atoms with Gasteiger partial charge in [-0.3, -0.25) is 9.78 Å². The summed E-state index contributed by atoms with van der Waals surface area (Å²) in [7, 11) is 1.30. The second kappa shape index (κ2) is 6.17. The molecule has 1 heterocycles. The number of ether oxygens (including phenoxy) is 1. The molecule has 0 amide bonds. The number of hydrogen-bond acceptors (Lipinski definition) is 5. The molecule has 2 N–H and O–H groups in total. The van der Waals surface area contributed by atoms with Gasteiger partial charge in [0.05, 0.1) is 18.6 Å². The van der Waals surface area contributed by atoms with Crippen LogP contribution in [0.1, 0.15) is 34.3 Å². The number of anilines is 1. The van der Waals surface area contributed by atoms with Crippen molar-refractivity contribution in [3.05, 3.63) is 59.4 Å². The molecule has 0 saturated heterocycles. The Bertz CT molecular complexity index is 683. The number of nitrogen functional groups attached to an aromatic ring is 1. The maximum atomic E-state index is 12.0. The fourth-order valence-corrected chi connectivity index (χ4v) is 2.25. The minimum atomic E-state index is -0.509. The highest BCUT2D eigenvalue weighted by atomic mass is 16.5. The van der Waals surface area contributed by atoms with E-state index in [1.54, 1.807) is 30.5 Å². The monoisotopic (exact) mass is 284 g/mol. The smallest absolute Gasteiger partial charge is 0.339 e. The molecule has 2 aromatic rings. The molecule has 1 aromatic heterocycles. The maximum absolute atomic E-state index is 12.0. The van der Waals surface area contributed by atoms with Crippen molar-refractivity contribution in [1.82, 2.24) is 4.98 Å². The lowest BCUT2D eigenvalue weighted by Crippen LogP contribution is -2.13. The topological polar surface area (TPSA) is 82.3 Å². The summed E-state index contributed by atoms with van der Waals surface area (Å²) in [5.74, 6) is -1.05. The first-order chi connectivity index (χ1) is 10.0. The molecule has 1 unspecified atom stereocenters. The predicted octanol–water partition coefficient (Wildman–Crippen LogP) is 2.17. The van der Waals surface area contributed by atoms with Crippen LogP contribution in [0.2, 0.25) is 0 Å².